The fourth-order valence-corrected chi connectivity index (χ4v) is 1.05. The van der Waals surface area contributed by atoms with Crippen molar-refractivity contribution in [3.8, 4) is 0 Å². The molecule has 1 saturated heterocycles. The number of rotatable bonds is 1. The topological polar surface area (TPSA) is 6.48 Å². The molecule has 0 amide bonds. The largest absolute Gasteiger partial charge is 0.292 e. The minimum absolute atomic E-state index is 0.500. The molecule has 0 aromatic carbocycles. The molecule has 1 aliphatic heterocycles. The Morgan fingerprint density at radius 1 is 1.00 bits per heavy atom. The highest BCUT2D eigenvalue weighted by molar-refractivity contribution is 4.65. The van der Waals surface area contributed by atoms with Crippen LogP contribution in [-0.2, 0) is 0 Å². The lowest BCUT2D eigenvalue weighted by molar-refractivity contribution is 0.286. The molecule has 2 heteroatoms. The molecule has 0 aromatic rings. The zero-order valence-electron chi connectivity index (χ0n) is 12.2. The molecule has 94 valence electrons. The van der Waals surface area contributed by atoms with Gasteiger partial charge in [0.15, 0.2) is 0 Å². The minimum atomic E-state index is 0.500. The van der Waals surface area contributed by atoms with Crippen molar-refractivity contribution in [3.05, 3.63) is 0 Å². The molecular weight excluding hydrogens is 184 g/mol. The van der Waals surface area contributed by atoms with E-state index in [1.165, 1.54) is 19.6 Å². The highest BCUT2D eigenvalue weighted by atomic mass is 15.4. The minimum Gasteiger partial charge on any atom is -0.292 e. The van der Waals surface area contributed by atoms with E-state index in [-0.39, 0.29) is 0 Å². The lowest BCUT2D eigenvalue weighted by Crippen LogP contribution is -2.22. The van der Waals surface area contributed by atoms with Crippen molar-refractivity contribution < 1.29 is 0 Å². The van der Waals surface area contributed by atoms with Gasteiger partial charge in [0.2, 0.25) is 0 Å². The van der Waals surface area contributed by atoms with Crippen LogP contribution in [0.4, 0.5) is 0 Å². The third-order valence-corrected chi connectivity index (χ3v) is 1.69. The summed E-state index contributed by atoms with van der Waals surface area (Å²) in [7, 11) is 2.16. The number of nitrogens with zero attached hydrogens (tertiary/aromatic N) is 2. The first-order chi connectivity index (χ1) is 6.83. The normalized spacial score (nSPS) is 17.6. The first-order valence-corrected chi connectivity index (χ1v) is 6.24. The fraction of sp³-hybridized carbons (Fsp3) is 1.00. The van der Waals surface area contributed by atoms with Crippen LogP contribution in [0.1, 0.15) is 48.5 Å². The van der Waals surface area contributed by atoms with Gasteiger partial charge in [0, 0.05) is 13.1 Å². The van der Waals surface area contributed by atoms with Gasteiger partial charge in [-0.1, -0.05) is 48.5 Å². The molecule has 0 radical (unpaired) electrons. The van der Waals surface area contributed by atoms with E-state index in [4.69, 9.17) is 0 Å². The average molecular weight is 216 g/mol. The second-order valence-corrected chi connectivity index (χ2v) is 5.43. The van der Waals surface area contributed by atoms with Crippen molar-refractivity contribution >= 4 is 0 Å². The van der Waals surface area contributed by atoms with Gasteiger partial charge in [-0.2, -0.15) is 0 Å². The van der Waals surface area contributed by atoms with E-state index in [2.05, 4.69) is 51.5 Å². The van der Waals surface area contributed by atoms with Crippen LogP contribution in [0.25, 0.3) is 0 Å². The summed E-state index contributed by atoms with van der Waals surface area (Å²) in [5, 5.41) is 0. The lowest BCUT2D eigenvalue weighted by Gasteiger charge is -2.10. The maximum Gasteiger partial charge on any atom is 0.0504 e. The predicted octanol–water partition coefficient (Wildman–Crippen LogP) is 3.29. The summed E-state index contributed by atoms with van der Waals surface area (Å²) >= 11 is 0. The summed E-state index contributed by atoms with van der Waals surface area (Å²) in [5.74, 6) is 0. The maximum atomic E-state index is 2.43. The Labute approximate surface area is 97.6 Å². The molecule has 1 aliphatic rings. The van der Waals surface area contributed by atoms with E-state index in [1.807, 2.05) is 13.8 Å². The van der Waals surface area contributed by atoms with Gasteiger partial charge in [0.05, 0.1) is 6.67 Å². The fourth-order valence-electron chi connectivity index (χ4n) is 1.05. The Bertz CT molecular complexity index is 121. The van der Waals surface area contributed by atoms with Crippen LogP contribution in [0.15, 0.2) is 0 Å². The van der Waals surface area contributed by atoms with Gasteiger partial charge in [0.1, 0.15) is 0 Å². The molecule has 0 unspecified atom stereocenters. The monoisotopic (exact) mass is 216 g/mol. The Balaban J connectivity index is 0. The number of likely N-dealkylation sites (N-methyl/N-ethyl adjacent to an activating group) is 2. The quantitative estimate of drug-likeness (QED) is 0.663. The molecular formula is C13H32N2. The Morgan fingerprint density at radius 2 is 1.40 bits per heavy atom. The van der Waals surface area contributed by atoms with Crippen LogP contribution in [0, 0.1) is 5.41 Å². The van der Waals surface area contributed by atoms with Gasteiger partial charge in [0.25, 0.3) is 0 Å². The van der Waals surface area contributed by atoms with Gasteiger partial charge in [-0.25, -0.2) is 0 Å². The summed E-state index contributed by atoms with van der Waals surface area (Å²) < 4.78 is 0. The van der Waals surface area contributed by atoms with Crippen molar-refractivity contribution in [2.75, 3.05) is 33.4 Å². The second-order valence-electron chi connectivity index (χ2n) is 5.43. The maximum absolute atomic E-state index is 2.43. The molecule has 0 saturated carbocycles. The highest BCUT2D eigenvalue weighted by Gasteiger charge is 2.12. The highest BCUT2D eigenvalue weighted by Crippen LogP contribution is 2.08. The van der Waals surface area contributed by atoms with Crippen molar-refractivity contribution in [2.45, 2.75) is 48.5 Å². The van der Waals surface area contributed by atoms with Gasteiger partial charge in [-0.3, -0.25) is 9.80 Å². The molecule has 1 fully saturated rings. The van der Waals surface area contributed by atoms with Gasteiger partial charge in [-0.15, -0.1) is 0 Å². The van der Waals surface area contributed by atoms with Crippen molar-refractivity contribution in [3.63, 3.8) is 0 Å². The van der Waals surface area contributed by atoms with Crippen molar-refractivity contribution in [1.29, 1.82) is 0 Å². The Kier molecular flexibility index (Phi) is 10.6. The molecule has 0 bridgehead atoms. The van der Waals surface area contributed by atoms with Gasteiger partial charge in [-0.05, 0) is 19.0 Å². The van der Waals surface area contributed by atoms with Crippen LogP contribution in [0.2, 0.25) is 0 Å². The first kappa shape index (κ1) is 17.3. The summed E-state index contributed by atoms with van der Waals surface area (Å²) in [6, 6.07) is 0. The molecule has 0 aliphatic carbocycles. The van der Waals surface area contributed by atoms with E-state index >= 15 is 0 Å². The molecule has 0 N–H and O–H groups in total. The molecule has 15 heavy (non-hydrogen) atoms. The number of hydrogen-bond donors (Lipinski definition) is 0. The predicted molar refractivity (Wildman–Crippen MR) is 71.2 cm³/mol. The van der Waals surface area contributed by atoms with E-state index < -0.39 is 0 Å². The van der Waals surface area contributed by atoms with Crippen molar-refractivity contribution in [2.24, 2.45) is 5.41 Å². The smallest absolute Gasteiger partial charge is 0.0504 e. The van der Waals surface area contributed by atoms with Crippen LogP contribution in [0.3, 0.4) is 0 Å². The molecule has 1 heterocycles. The molecule has 2 nitrogen and oxygen atoms in total. The van der Waals surface area contributed by atoms with Gasteiger partial charge >= 0.3 is 0 Å². The zero-order chi connectivity index (χ0) is 12.5. The molecule has 0 aromatic heterocycles. The third-order valence-electron chi connectivity index (χ3n) is 1.69. The first-order valence-electron chi connectivity index (χ1n) is 6.24. The van der Waals surface area contributed by atoms with Gasteiger partial charge < -0.3 is 0 Å². The summed E-state index contributed by atoms with van der Waals surface area (Å²) in [5.41, 5.74) is 0.500. The molecule has 0 spiro atoms. The van der Waals surface area contributed by atoms with E-state index in [0.29, 0.717) is 5.41 Å². The second kappa shape index (κ2) is 9.17. The Hall–Kier alpha value is -0.0800. The summed E-state index contributed by atoms with van der Waals surface area (Å²) in [6.07, 6.45) is 0. The van der Waals surface area contributed by atoms with Crippen LogP contribution in [-0.4, -0.2) is 43.2 Å². The van der Waals surface area contributed by atoms with Crippen molar-refractivity contribution in [1.82, 2.24) is 9.80 Å². The zero-order valence-corrected chi connectivity index (χ0v) is 12.2. The standard InChI is InChI=1S/C6H14N2.C5H12.C2H6/c1-3-8-5-4-7(2)6-8;1-5(2,3)4;1-2/h3-6H2,1-2H3;1-4H3;1-2H3. The van der Waals surface area contributed by atoms with Crippen LogP contribution in [0.5, 0.6) is 0 Å². The van der Waals surface area contributed by atoms with E-state index in [0.717, 1.165) is 6.67 Å². The van der Waals surface area contributed by atoms with Crippen LogP contribution < -0.4 is 0 Å². The Morgan fingerprint density at radius 3 is 1.53 bits per heavy atom. The lowest BCUT2D eigenvalue weighted by atomic mass is 10.0. The van der Waals surface area contributed by atoms with Crippen LogP contribution >= 0.6 is 0 Å². The number of hydrogen-bond acceptors (Lipinski definition) is 2. The summed E-state index contributed by atoms with van der Waals surface area (Å²) in [4.78, 5) is 4.77. The van der Waals surface area contributed by atoms with E-state index in [9.17, 15) is 0 Å². The molecule has 1 rings (SSSR count). The average Bonchev–Trinajstić information content (AvgIpc) is 2.52. The molecule has 0 atom stereocenters. The third kappa shape index (κ3) is 16.6. The summed E-state index contributed by atoms with van der Waals surface area (Å²) in [6.45, 7) is 19.8. The van der Waals surface area contributed by atoms with E-state index in [1.54, 1.807) is 0 Å². The SMILES string of the molecule is CC.CC(C)(C)C.CCN1CCN(C)C1.